The van der Waals surface area contributed by atoms with Crippen molar-refractivity contribution >= 4 is 32.9 Å². The van der Waals surface area contributed by atoms with E-state index in [1.165, 1.54) is 0 Å². The van der Waals surface area contributed by atoms with E-state index in [9.17, 15) is 4.79 Å². The summed E-state index contributed by atoms with van der Waals surface area (Å²) < 4.78 is 2.62. The summed E-state index contributed by atoms with van der Waals surface area (Å²) in [5.41, 5.74) is 4.03. The van der Waals surface area contributed by atoms with Crippen molar-refractivity contribution in [1.29, 1.82) is 0 Å². The van der Waals surface area contributed by atoms with E-state index in [0.29, 0.717) is 15.9 Å². The van der Waals surface area contributed by atoms with E-state index in [2.05, 4.69) is 31.1 Å². The van der Waals surface area contributed by atoms with Gasteiger partial charge in [-0.3, -0.25) is 9.89 Å². The Balaban J connectivity index is 2.06. The smallest absolute Gasteiger partial charge is 0.309 e. The number of carboxylic acids is 1. The number of aromatic nitrogens is 4. The molecule has 3 rings (SSSR count). The Morgan fingerprint density at radius 2 is 2.30 bits per heavy atom. The number of rotatable bonds is 3. The molecule has 0 atom stereocenters. The van der Waals surface area contributed by atoms with Crippen LogP contribution in [0.25, 0.3) is 22.3 Å². The van der Waals surface area contributed by atoms with Crippen LogP contribution >= 0.6 is 15.9 Å². The second-order valence-electron chi connectivity index (χ2n) is 4.49. The third kappa shape index (κ3) is 2.09. The van der Waals surface area contributed by atoms with Crippen LogP contribution in [-0.2, 0) is 18.3 Å². The van der Waals surface area contributed by atoms with Crippen LogP contribution in [0, 0.1) is 0 Å². The number of nitrogens with one attached hydrogen (secondary N) is 1. The summed E-state index contributed by atoms with van der Waals surface area (Å²) >= 11 is 3.40. The van der Waals surface area contributed by atoms with Gasteiger partial charge in [-0.2, -0.15) is 5.10 Å². The molecule has 0 aliphatic rings. The Hall–Kier alpha value is -2.15. The van der Waals surface area contributed by atoms with E-state index >= 15 is 0 Å². The number of hydrogen-bond donors (Lipinski definition) is 2. The molecule has 1 aromatic carbocycles. The predicted molar refractivity (Wildman–Crippen MR) is 77.3 cm³/mol. The molecule has 3 aromatic rings. The minimum absolute atomic E-state index is 0.0978. The maximum atomic E-state index is 10.8. The Labute approximate surface area is 122 Å². The summed E-state index contributed by atoms with van der Waals surface area (Å²) in [6.45, 7) is 0. The molecule has 20 heavy (non-hydrogen) atoms. The molecule has 0 bridgehead atoms. The number of imidazole rings is 1. The zero-order valence-corrected chi connectivity index (χ0v) is 12.2. The van der Waals surface area contributed by atoms with Gasteiger partial charge in [0.2, 0.25) is 0 Å². The molecular formula is C13H11BrN4O2. The fourth-order valence-electron chi connectivity index (χ4n) is 2.11. The SMILES string of the molecule is Cn1cnc2cc(-c3n[nH]c(CC(=O)O)c3Br)ccc21. The highest BCUT2D eigenvalue weighted by molar-refractivity contribution is 9.10. The van der Waals surface area contributed by atoms with Crippen molar-refractivity contribution in [2.75, 3.05) is 0 Å². The molecule has 2 aromatic heterocycles. The van der Waals surface area contributed by atoms with Gasteiger partial charge in [0.25, 0.3) is 0 Å². The van der Waals surface area contributed by atoms with Crippen LogP contribution in [0.2, 0.25) is 0 Å². The van der Waals surface area contributed by atoms with Gasteiger partial charge in [0.15, 0.2) is 0 Å². The van der Waals surface area contributed by atoms with E-state index in [4.69, 9.17) is 5.11 Å². The van der Waals surface area contributed by atoms with Gasteiger partial charge in [0.1, 0.15) is 5.69 Å². The lowest BCUT2D eigenvalue weighted by molar-refractivity contribution is -0.136. The molecule has 0 unspecified atom stereocenters. The van der Waals surface area contributed by atoms with Crippen LogP contribution in [0.15, 0.2) is 29.0 Å². The average molecular weight is 335 g/mol. The molecule has 7 heteroatoms. The number of H-pyrrole nitrogens is 1. The van der Waals surface area contributed by atoms with Gasteiger partial charge in [-0.05, 0) is 28.1 Å². The highest BCUT2D eigenvalue weighted by Gasteiger charge is 2.15. The first kappa shape index (κ1) is 12.9. The monoisotopic (exact) mass is 334 g/mol. The standard InChI is InChI=1S/C13H11BrN4O2/c1-18-6-15-8-4-7(2-3-10(8)18)13-12(14)9(16-17-13)5-11(19)20/h2-4,6H,5H2,1H3,(H,16,17)(H,19,20). The molecule has 0 spiro atoms. The van der Waals surface area contributed by atoms with Crippen molar-refractivity contribution < 1.29 is 9.90 Å². The fraction of sp³-hybridized carbons (Fsp3) is 0.154. The molecule has 0 aliphatic heterocycles. The lowest BCUT2D eigenvalue weighted by atomic mass is 10.1. The Bertz CT molecular complexity index is 806. The first-order valence-corrected chi connectivity index (χ1v) is 6.71. The molecule has 102 valence electrons. The molecule has 2 heterocycles. The summed E-state index contributed by atoms with van der Waals surface area (Å²) in [6, 6.07) is 5.84. The van der Waals surface area contributed by atoms with Crippen molar-refractivity contribution in [1.82, 2.24) is 19.7 Å². The second-order valence-corrected chi connectivity index (χ2v) is 5.29. The third-order valence-corrected chi connectivity index (χ3v) is 3.96. The number of aliphatic carboxylic acids is 1. The number of hydrogen-bond acceptors (Lipinski definition) is 3. The number of aryl methyl sites for hydroxylation is 1. The van der Waals surface area contributed by atoms with Crippen LogP contribution in [0.3, 0.4) is 0 Å². The predicted octanol–water partition coefficient (Wildman–Crippen LogP) is 2.35. The third-order valence-electron chi connectivity index (χ3n) is 3.10. The van der Waals surface area contributed by atoms with E-state index in [1.54, 1.807) is 6.33 Å². The number of carbonyl (C=O) groups is 1. The highest BCUT2D eigenvalue weighted by atomic mass is 79.9. The van der Waals surface area contributed by atoms with Gasteiger partial charge in [0, 0.05) is 12.6 Å². The molecule has 0 saturated carbocycles. The highest BCUT2D eigenvalue weighted by Crippen LogP contribution is 2.30. The van der Waals surface area contributed by atoms with Gasteiger partial charge < -0.3 is 9.67 Å². The summed E-state index contributed by atoms with van der Waals surface area (Å²) in [7, 11) is 1.93. The van der Waals surface area contributed by atoms with Crippen molar-refractivity contribution in [3.8, 4) is 11.3 Å². The van der Waals surface area contributed by atoms with E-state index in [0.717, 1.165) is 16.6 Å². The number of carboxylic acid groups (broad SMARTS) is 1. The zero-order chi connectivity index (χ0) is 14.3. The minimum atomic E-state index is -0.902. The summed E-state index contributed by atoms with van der Waals surface area (Å²) in [4.78, 5) is 15.1. The number of nitrogens with zero attached hydrogens (tertiary/aromatic N) is 3. The quantitative estimate of drug-likeness (QED) is 0.770. The molecular weight excluding hydrogens is 324 g/mol. The van der Waals surface area contributed by atoms with Gasteiger partial charge >= 0.3 is 5.97 Å². The molecule has 0 radical (unpaired) electrons. The average Bonchev–Trinajstić information content (AvgIpc) is 2.94. The van der Waals surface area contributed by atoms with Crippen LogP contribution in [0.5, 0.6) is 0 Å². The molecule has 0 saturated heterocycles. The van der Waals surface area contributed by atoms with E-state index in [1.807, 2.05) is 29.8 Å². The van der Waals surface area contributed by atoms with Gasteiger partial charge in [-0.25, -0.2) is 4.98 Å². The number of fused-ring (bicyclic) bond motifs is 1. The van der Waals surface area contributed by atoms with Gasteiger partial charge in [-0.15, -0.1) is 0 Å². The minimum Gasteiger partial charge on any atom is -0.481 e. The number of aromatic amines is 1. The molecule has 2 N–H and O–H groups in total. The van der Waals surface area contributed by atoms with Crippen molar-refractivity contribution in [3.05, 3.63) is 34.7 Å². The summed E-state index contributed by atoms with van der Waals surface area (Å²) in [5.74, 6) is -0.902. The van der Waals surface area contributed by atoms with Gasteiger partial charge in [-0.1, -0.05) is 6.07 Å². The first-order valence-electron chi connectivity index (χ1n) is 5.92. The molecule has 0 amide bonds. The van der Waals surface area contributed by atoms with E-state index < -0.39 is 5.97 Å². The van der Waals surface area contributed by atoms with Crippen molar-refractivity contribution in [3.63, 3.8) is 0 Å². The lowest BCUT2D eigenvalue weighted by Crippen LogP contribution is -2.00. The first-order chi connectivity index (χ1) is 9.56. The van der Waals surface area contributed by atoms with Crippen molar-refractivity contribution in [2.24, 2.45) is 7.05 Å². The molecule has 6 nitrogen and oxygen atoms in total. The Morgan fingerprint density at radius 1 is 1.50 bits per heavy atom. The maximum Gasteiger partial charge on any atom is 0.309 e. The molecule has 0 fully saturated rings. The Kier molecular flexibility index (Phi) is 3.06. The van der Waals surface area contributed by atoms with E-state index in [-0.39, 0.29) is 6.42 Å². The second kappa shape index (κ2) is 4.75. The number of benzene rings is 1. The summed E-state index contributed by atoms with van der Waals surface area (Å²) in [6.07, 6.45) is 1.66. The van der Waals surface area contributed by atoms with Crippen LogP contribution in [0.4, 0.5) is 0 Å². The maximum absolute atomic E-state index is 10.8. The summed E-state index contributed by atoms with van der Waals surface area (Å²) in [5, 5.41) is 15.8. The van der Waals surface area contributed by atoms with Crippen LogP contribution in [-0.4, -0.2) is 30.8 Å². The lowest BCUT2D eigenvalue weighted by Gasteiger charge is -2.00. The fourth-order valence-corrected chi connectivity index (χ4v) is 2.65. The number of halogens is 1. The largest absolute Gasteiger partial charge is 0.481 e. The van der Waals surface area contributed by atoms with Crippen LogP contribution < -0.4 is 0 Å². The Morgan fingerprint density at radius 3 is 3.05 bits per heavy atom. The van der Waals surface area contributed by atoms with Gasteiger partial charge in [0.05, 0.1) is 33.9 Å². The molecule has 0 aliphatic carbocycles. The zero-order valence-electron chi connectivity index (χ0n) is 10.6. The van der Waals surface area contributed by atoms with Crippen molar-refractivity contribution in [2.45, 2.75) is 6.42 Å². The normalized spacial score (nSPS) is 11.1. The topological polar surface area (TPSA) is 83.8 Å². The van der Waals surface area contributed by atoms with Crippen LogP contribution in [0.1, 0.15) is 5.69 Å².